The molecule has 4 heteroatoms. The molecule has 0 bridgehead atoms. The maximum Gasteiger partial charge on any atom is 0.344 e. The molecule has 1 N–H and O–H groups in total. The standard InChI is InChI=1S/C10H11FO3/c1-2-8(10(12)13)14-9-6-4-3-5-7(9)11/h3-6,8H,2H2,1H3,(H,12,13). The van der Waals surface area contributed by atoms with E-state index in [1.54, 1.807) is 13.0 Å². The van der Waals surface area contributed by atoms with Crippen LogP contribution < -0.4 is 4.74 Å². The van der Waals surface area contributed by atoms with Crippen molar-refractivity contribution in [2.24, 2.45) is 0 Å². The van der Waals surface area contributed by atoms with Crippen molar-refractivity contribution in [1.29, 1.82) is 0 Å². The number of carboxylic acids is 1. The van der Waals surface area contributed by atoms with Crippen LogP contribution in [0.3, 0.4) is 0 Å². The summed E-state index contributed by atoms with van der Waals surface area (Å²) in [6.07, 6.45) is -0.698. The van der Waals surface area contributed by atoms with E-state index in [1.807, 2.05) is 0 Å². The number of carbonyl (C=O) groups is 1. The molecule has 1 atom stereocenters. The first kappa shape index (κ1) is 10.5. The van der Waals surface area contributed by atoms with Crippen LogP contribution in [0.4, 0.5) is 4.39 Å². The summed E-state index contributed by atoms with van der Waals surface area (Å²) in [5, 5.41) is 8.68. The Morgan fingerprint density at radius 2 is 2.21 bits per heavy atom. The molecule has 0 spiro atoms. The van der Waals surface area contributed by atoms with Crippen molar-refractivity contribution in [3.63, 3.8) is 0 Å². The van der Waals surface area contributed by atoms with Gasteiger partial charge in [0.05, 0.1) is 0 Å². The van der Waals surface area contributed by atoms with E-state index in [-0.39, 0.29) is 5.75 Å². The average Bonchev–Trinajstić information content (AvgIpc) is 2.16. The largest absolute Gasteiger partial charge is 0.479 e. The van der Waals surface area contributed by atoms with E-state index in [0.29, 0.717) is 6.42 Å². The molecule has 0 heterocycles. The van der Waals surface area contributed by atoms with Crippen LogP contribution >= 0.6 is 0 Å². The van der Waals surface area contributed by atoms with E-state index in [2.05, 4.69) is 0 Å². The molecule has 0 saturated heterocycles. The summed E-state index contributed by atoms with van der Waals surface area (Å²) in [6, 6.07) is 5.74. The Morgan fingerprint density at radius 1 is 1.57 bits per heavy atom. The van der Waals surface area contributed by atoms with Gasteiger partial charge in [0, 0.05) is 0 Å². The van der Waals surface area contributed by atoms with Crippen LogP contribution in [0.5, 0.6) is 5.75 Å². The minimum absolute atomic E-state index is 0.0262. The van der Waals surface area contributed by atoms with Gasteiger partial charge in [-0.05, 0) is 18.6 Å². The quantitative estimate of drug-likeness (QED) is 0.805. The lowest BCUT2D eigenvalue weighted by Gasteiger charge is -2.13. The topological polar surface area (TPSA) is 46.5 Å². The third-order valence-electron chi connectivity index (χ3n) is 1.75. The molecule has 0 aromatic heterocycles. The van der Waals surface area contributed by atoms with E-state index in [4.69, 9.17) is 9.84 Å². The lowest BCUT2D eigenvalue weighted by molar-refractivity contribution is -0.145. The van der Waals surface area contributed by atoms with Gasteiger partial charge in [0.25, 0.3) is 0 Å². The SMILES string of the molecule is CCC(Oc1ccccc1F)C(=O)O. The first-order chi connectivity index (χ1) is 6.65. The highest BCUT2D eigenvalue weighted by Crippen LogP contribution is 2.17. The number of halogens is 1. The molecular weight excluding hydrogens is 187 g/mol. The fourth-order valence-electron chi connectivity index (χ4n) is 1.00. The molecule has 3 nitrogen and oxygen atoms in total. The number of benzene rings is 1. The number of ether oxygens (including phenoxy) is 1. The highest BCUT2D eigenvalue weighted by Gasteiger charge is 2.17. The number of aliphatic carboxylic acids is 1. The van der Waals surface area contributed by atoms with Crippen LogP contribution in [-0.4, -0.2) is 17.2 Å². The van der Waals surface area contributed by atoms with Gasteiger partial charge in [-0.15, -0.1) is 0 Å². The molecule has 0 amide bonds. The second kappa shape index (κ2) is 4.60. The maximum absolute atomic E-state index is 13.0. The third-order valence-corrected chi connectivity index (χ3v) is 1.75. The molecule has 0 fully saturated rings. The summed E-state index contributed by atoms with van der Waals surface area (Å²) in [5.74, 6) is -1.66. The fourth-order valence-corrected chi connectivity index (χ4v) is 1.00. The van der Waals surface area contributed by atoms with E-state index in [0.717, 1.165) is 0 Å². The smallest absolute Gasteiger partial charge is 0.344 e. The van der Waals surface area contributed by atoms with Crippen molar-refractivity contribution in [2.75, 3.05) is 0 Å². The van der Waals surface area contributed by atoms with Crippen molar-refractivity contribution >= 4 is 5.97 Å². The molecule has 1 rings (SSSR count). The zero-order valence-electron chi connectivity index (χ0n) is 7.74. The molecule has 1 unspecified atom stereocenters. The highest BCUT2D eigenvalue weighted by atomic mass is 19.1. The first-order valence-electron chi connectivity index (χ1n) is 4.29. The van der Waals surface area contributed by atoms with Crippen LogP contribution in [0, 0.1) is 5.82 Å². The summed E-state index contributed by atoms with van der Waals surface area (Å²) in [5.41, 5.74) is 0. The summed E-state index contributed by atoms with van der Waals surface area (Å²) < 4.78 is 18.0. The molecule has 76 valence electrons. The Kier molecular flexibility index (Phi) is 3.45. The van der Waals surface area contributed by atoms with Gasteiger partial charge in [-0.2, -0.15) is 0 Å². The number of hydrogen-bond donors (Lipinski definition) is 1. The molecule has 0 saturated carbocycles. The van der Waals surface area contributed by atoms with Crippen LogP contribution in [0.1, 0.15) is 13.3 Å². The van der Waals surface area contributed by atoms with Crippen molar-refractivity contribution in [2.45, 2.75) is 19.4 Å². The van der Waals surface area contributed by atoms with Gasteiger partial charge >= 0.3 is 5.97 Å². The zero-order valence-corrected chi connectivity index (χ0v) is 7.74. The van der Waals surface area contributed by atoms with E-state index < -0.39 is 17.9 Å². The summed E-state index contributed by atoms with van der Waals surface area (Å²) in [6.45, 7) is 1.67. The van der Waals surface area contributed by atoms with Gasteiger partial charge in [-0.25, -0.2) is 9.18 Å². The summed E-state index contributed by atoms with van der Waals surface area (Å²) in [7, 11) is 0. The van der Waals surface area contributed by atoms with Crippen molar-refractivity contribution in [3.05, 3.63) is 30.1 Å². The van der Waals surface area contributed by atoms with E-state index >= 15 is 0 Å². The monoisotopic (exact) mass is 198 g/mol. The number of carboxylic acid groups (broad SMARTS) is 1. The number of hydrogen-bond acceptors (Lipinski definition) is 2. The minimum Gasteiger partial charge on any atom is -0.479 e. The van der Waals surface area contributed by atoms with E-state index in [9.17, 15) is 9.18 Å². The van der Waals surface area contributed by atoms with E-state index in [1.165, 1.54) is 18.2 Å². The molecule has 1 aromatic carbocycles. The zero-order chi connectivity index (χ0) is 10.6. The van der Waals surface area contributed by atoms with Crippen LogP contribution in [0.25, 0.3) is 0 Å². The fraction of sp³-hybridized carbons (Fsp3) is 0.300. The molecule has 0 aliphatic carbocycles. The second-order valence-electron chi connectivity index (χ2n) is 2.78. The highest BCUT2D eigenvalue weighted by molar-refractivity contribution is 5.72. The van der Waals surface area contributed by atoms with Crippen molar-refractivity contribution in [1.82, 2.24) is 0 Å². The Hall–Kier alpha value is -1.58. The lowest BCUT2D eigenvalue weighted by atomic mass is 10.2. The Bertz CT molecular complexity index is 325. The molecular formula is C10H11FO3. The van der Waals surface area contributed by atoms with Gasteiger partial charge in [0.2, 0.25) is 0 Å². The van der Waals surface area contributed by atoms with Crippen molar-refractivity contribution in [3.8, 4) is 5.75 Å². The first-order valence-corrected chi connectivity index (χ1v) is 4.29. The molecule has 0 aliphatic rings. The average molecular weight is 198 g/mol. The molecule has 0 aliphatic heterocycles. The Balaban J connectivity index is 2.77. The van der Waals surface area contributed by atoms with Gasteiger partial charge in [0.1, 0.15) is 0 Å². The third kappa shape index (κ3) is 2.45. The molecule has 0 radical (unpaired) electrons. The summed E-state index contributed by atoms with van der Waals surface area (Å²) in [4.78, 5) is 10.6. The van der Waals surface area contributed by atoms with Crippen LogP contribution in [-0.2, 0) is 4.79 Å². The Morgan fingerprint density at radius 3 is 2.71 bits per heavy atom. The number of rotatable bonds is 4. The maximum atomic E-state index is 13.0. The van der Waals surface area contributed by atoms with Crippen molar-refractivity contribution < 1.29 is 19.0 Å². The predicted octanol–water partition coefficient (Wildman–Crippen LogP) is 2.07. The predicted molar refractivity (Wildman–Crippen MR) is 48.7 cm³/mol. The van der Waals surface area contributed by atoms with Gasteiger partial charge < -0.3 is 9.84 Å². The molecule has 14 heavy (non-hydrogen) atoms. The van der Waals surface area contributed by atoms with Crippen LogP contribution in [0.15, 0.2) is 24.3 Å². The summed E-state index contributed by atoms with van der Waals surface area (Å²) >= 11 is 0. The number of para-hydroxylation sites is 1. The second-order valence-corrected chi connectivity index (χ2v) is 2.78. The van der Waals surface area contributed by atoms with Crippen LogP contribution in [0.2, 0.25) is 0 Å². The van der Waals surface area contributed by atoms with Gasteiger partial charge in [-0.3, -0.25) is 0 Å². The Labute approximate surface area is 81.1 Å². The minimum atomic E-state index is -1.09. The van der Waals surface area contributed by atoms with Gasteiger partial charge in [0.15, 0.2) is 17.7 Å². The normalized spacial score (nSPS) is 12.1. The lowest BCUT2D eigenvalue weighted by Crippen LogP contribution is -2.26. The molecule has 1 aromatic rings. The van der Waals surface area contributed by atoms with Gasteiger partial charge in [-0.1, -0.05) is 19.1 Å².